The Balaban J connectivity index is 2.83. The van der Waals surface area contributed by atoms with Crippen LogP contribution in [-0.4, -0.2) is 11.1 Å². The molecule has 1 unspecified atom stereocenters. The number of rotatable bonds is 3. The molecule has 1 aromatic rings. The highest BCUT2D eigenvalue weighted by atomic mass is 16.3. The molecule has 0 saturated heterocycles. The van der Waals surface area contributed by atoms with Crippen LogP contribution in [0.15, 0.2) is 18.2 Å². The molecule has 0 heterocycles. The smallest absolute Gasteiger partial charge is 0.121 e. The second-order valence-corrected chi connectivity index (χ2v) is 3.46. The Morgan fingerprint density at radius 3 is 2.77 bits per heavy atom. The van der Waals surface area contributed by atoms with Crippen molar-refractivity contribution < 1.29 is 5.11 Å². The molecule has 13 heavy (non-hydrogen) atoms. The molecule has 0 aromatic heterocycles. The predicted octanol–water partition coefficient (Wildman–Crippen LogP) is 1.98. The van der Waals surface area contributed by atoms with E-state index in [0.29, 0.717) is 5.75 Å². The van der Waals surface area contributed by atoms with Crippen molar-refractivity contribution in [2.75, 3.05) is 0 Å². The molecule has 1 atom stereocenters. The molecule has 2 heteroatoms. The Morgan fingerprint density at radius 1 is 1.46 bits per heavy atom. The highest BCUT2D eigenvalue weighted by Crippen LogP contribution is 2.22. The van der Waals surface area contributed by atoms with Crippen molar-refractivity contribution in [3.05, 3.63) is 29.3 Å². The molecule has 0 aliphatic heterocycles. The summed E-state index contributed by atoms with van der Waals surface area (Å²) in [6.07, 6.45) is 1.69. The lowest BCUT2D eigenvalue weighted by atomic mass is 10.0. The first kappa shape index (κ1) is 10.1. The molecule has 1 aromatic carbocycles. The zero-order valence-electron chi connectivity index (χ0n) is 8.25. The number of hydrogen-bond donors (Lipinski definition) is 2. The van der Waals surface area contributed by atoms with Crippen LogP contribution in [0.2, 0.25) is 0 Å². The SMILES string of the molecule is CCC(N)Cc1cccc(C)c1O. The lowest BCUT2D eigenvalue weighted by molar-refractivity contribution is 0.460. The number of benzene rings is 1. The predicted molar refractivity (Wildman–Crippen MR) is 54.8 cm³/mol. The van der Waals surface area contributed by atoms with E-state index in [1.54, 1.807) is 0 Å². The van der Waals surface area contributed by atoms with E-state index in [1.165, 1.54) is 0 Å². The van der Waals surface area contributed by atoms with Gasteiger partial charge in [-0.25, -0.2) is 0 Å². The fourth-order valence-corrected chi connectivity index (χ4v) is 1.31. The van der Waals surface area contributed by atoms with Crippen molar-refractivity contribution in [1.82, 2.24) is 0 Å². The summed E-state index contributed by atoms with van der Waals surface area (Å²) in [5.74, 6) is 0.395. The van der Waals surface area contributed by atoms with E-state index in [-0.39, 0.29) is 6.04 Å². The second-order valence-electron chi connectivity index (χ2n) is 3.46. The van der Waals surface area contributed by atoms with E-state index in [4.69, 9.17) is 5.73 Å². The van der Waals surface area contributed by atoms with E-state index in [1.807, 2.05) is 25.1 Å². The Kier molecular flexibility index (Phi) is 3.32. The molecule has 0 spiro atoms. The number of nitrogens with two attached hydrogens (primary N) is 1. The van der Waals surface area contributed by atoms with E-state index >= 15 is 0 Å². The Labute approximate surface area is 79.4 Å². The largest absolute Gasteiger partial charge is 0.507 e. The third-order valence-electron chi connectivity index (χ3n) is 2.33. The maximum absolute atomic E-state index is 9.69. The quantitative estimate of drug-likeness (QED) is 0.745. The summed E-state index contributed by atoms with van der Waals surface area (Å²) in [7, 11) is 0. The summed E-state index contributed by atoms with van der Waals surface area (Å²) >= 11 is 0. The van der Waals surface area contributed by atoms with Gasteiger partial charge in [-0.1, -0.05) is 25.1 Å². The molecule has 0 saturated carbocycles. The highest BCUT2D eigenvalue weighted by molar-refractivity contribution is 5.39. The van der Waals surface area contributed by atoms with Gasteiger partial charge in [-0.15, -0.1) is 0 Å². The molecule has 0 aliphatic carbocycles. The molecule has 3 N–H and O–H groups in total. The minimum atomic E-state index is 0.146. The second kappa shape index (κ2) is 4.28. The summed E-state index contributed by atoms with van der Waals surface area (Å²) in [6.45, 7) is 3.95. The van der Waals surface area contributed by atoms with Crippen molar-refractivity contribution >= 4 is 0 Å². The van der Waals surface area contributed by atoms with Gasteiger partial charge in [0.25, 0.3) is 0 Å². The number of phenols is 1. The normalized spacial score (nSPS) is 12.8. The molecule has 0 aliphatic rings. The lowest BCUT2D eigenvalue weighted by Gasteiger charge is -2.11. The van der Waals surface area contributed by atoms with Crippen LogP contribution in [0.3, 0.4) is 0 Å². The van der Waals surface area contributed by atoms with Gasteiger partial charge in [-0.05, 0) is 30.9 Å². The molecular formula is C11H17NO. The molecule has 0 bridgehead atoms. The summed E-state index contributed by atoms with van der Waals surface area (Å²) in [5, 5.41) is 9.69. The minimum absolute atomic E-state index is 0.146. The average Bonchev–Trinajstić information content (AvgIpc) is 2.13. The highest BCUT2D eigenvalue weighted by Gasteiger charge is 2.06. The van der Waals surface area contributed by atoms with Gasteiger partial charge in [0.15, 0.2) is 0 Å². The zero-order chi connectivity index (χ0) is 9.84. The molecule has 1 rings (SSSR count). The Hall–Kier alpha value is -1.02. The molecule has 2 nitrogen and oxygen atoms in total. The molecule has 0 fully saturated rings. The maximum Gasteiger partial charge on any atom is 0.121 e. The van der Waals surface area contributed by atoms with E-state index < -0.39 is 0 Å². The fraction of sp³-hybridized carbons (Fsp3) is 0.455. The molecule has 0 amide bonds. The van der Waals surface area contributed by atoms with Crippen LogP contribution in [0.25, 0.3) is 0 Å². The third kappa shape index (κ3) is 2.46. The number of para-hydroxylation sites is 1. The first-order valence-electron chi connectivity index (χ1n) is 4.68. The van der Waals surface area contributed by atoms with Crippen molar-refractivity contribution in [1.29, 1.82) is 0 Å². The van der Waals surface area contributed by atoms with Gasteiger partial charge in [0.2, 0.25) is 0 Å². The van der Waals surface area contributed by atoms with Gasteiger partial charge in [-0.3, -0.25) is 0 Å². The van der Waals surface area contributed by atoms with E-state index in [2.05, 4.69) is 6.92 Å². The Morgan fingerprint density at radius 2 is 2.15 bits per heavy atom. The minimum Gasteiger partial charge on any atom is -0.507 e. The van der Waals surface area contributed by atoms with Crippen molar-refractivity contribution in [3.63, 3.8) is 0 Å². The summed E-state index contributed by atoms with van der Waals surface area (Å²) in [5.41, 5.74) is 7.68. The summed E-state index contributed by atoms with van der Waals surface area (Å²) in [6, 6.07) is 5.92. The van der Waals surface area contributed by atoms with Gasteiger partial charge in [-0.2, -0.15) is 0 Å². The number of hydrogen-bond acceptors (Lipinski definition) is 2. The van der Waals surface area contributed by atoms with Gasteiger partial charge in [0, 0.05) is 6.04 Å². The van der Waals surface area contributed by atoms with Crippen molar-refractivity contribution in [2.45, 2.75) is 32.7 Å². The number of aromatic hydroxyl groups is 1. The lowest BCUT2D eigenvalue weighted by Crippen LogP contribution is -2.21. The number of aryl methyl sites for hydroxylation is 1. The van der Waals surface area contributed by atoms with E-state index in [9.17, 15) is 5.11 Å². The van der Waals surface area contributed by atoms with Crippen LogP contribution in [0.4, 0.5) is 0 Å². The zero-order valence-corrected chi connectivity index (χ0v) is 8.25. The van der Waals surface area contributed by atoms with Crippen LogP contribution in [0, 0.1) is 6.92 Å². The van der Waals surface area contributed by atoms with Crippen LogP contribution >= 0.6 is 0 Å². The number of phenolic OH excluding ortho intramolecular Hbond substituents is 1. The van der Waals surface area contributed by atoms with Gasteiger partial charge in [0.05, 0.1) is 0 Å². The topological polar surface area (TPSA) is 46.2 Å². The fourth-order valence-electron chi connectivity index (χ4n) is 1.31. The van der Waals surface area contributed by atoms with Gasteiger partial charge in [0.1, 0.15) is 5.75 Å². The molecule has 0 radical (unpaired) electrons. The standard InChI is InChI=1S/C11H17NO/c1-3-10(12)7-9-6-4-5-8(2)11(9)13/h4-6,10,13H,3,7,12H2,1-2H3. The van der Waals surface area contributed by atoms with Crippen LogP contribution in [-0.2, 0) is 6.42 Å². The summed E-state index contributed by atoms with van der Waals surface area (Å²) in [4.78, 5) is 0. The molecule has 72 valence electrons. The van der Waals surface area contributed by atoms with Crippen molar-refractivity contribution in [2.24, 2.45) is 5.73 Å². The Bertz CT molecular complexity index is 283. The van der Waals surface area contributed by atoms with Gasteiger partial charge >= 0.3 is 0 Å². The van der Waals surface area contributed by atoms with E-state index in [0.717, 1.165) is 24.0 Å². The van der Waals surface area contributed by atoms with Crippen molar-refractivity contribution in [3.8, 4) is 5.75 Å². The molecular weight excluding hydrogens is 162 g/mol. The first-order valence-corrected chi connectivity index (χ1v) is 4.68. The van der Waals surface area contributed by atoms with Crippen LogP contribution in [0.5, 0.6) is 5.75 Å². The average molecular weight is 179 g/mol. The summed E-state index contributed by atoms with van der Waals surface area (Å²) < 4.78 is 0. The third-order valence-corrected chi connectivity index (χ3v) is 2.33. The van der Waals surface area contributed by atoms with Crippen LogP contribution < -0.4 is 5.73 Å². The maximum atomic E-state index is 9.69. The monoisotopic (exact) mass is 179 g/mol. The first-order chi connectivity index (χ1) is 6.15. The van der Waals surface area contributed by atoms with Crippen LogP contribution in [0.1, 0.15) is 24.5 Å². The van der Waals surface area contributed by atoms with Gasteiger partial charge < -0.3 is 10.8 Å².